The lowest BCUT2D eigenvalue weighted by atomic mass is 10.2. The van der Waals surface area contributed by atoms with E-state index in [1.807, 2.05) is 29.9 Å². The van der Waals surface area contributed by atoms with Crippen LogP contribution in [0.2, 0.25) is 0 Å². The molecular formula is C13H15N3O2. The van der Waals surface area contributed by atoms with Gasteiger partial charge in [0.25, 0.3) is 0 Å². The molecule has 5 nitrogen and oxygen atoms in total. The highest BCUT2D eigenvalue weighted by molar-refractivity contribution is 5.88. The number of benzene rings is 1. The van der Waals surface area contributed by atoms with Gasteiger partial charge in [-0.1, -0.05) is 6.07 Å². The molecule has 0 radical (unpaired) electrons. The number of anilines is 1. The molecule has 18 heavy (non-hydrogen) atoms. The standard InChI is InChI=1S/C13H15N3O2/c1-10(9-16-7-3-6-14-16)15-12-5-2-4-11(8-12)13(17)18/h2-8,10,15H,9H2,1H3,(H,17,18). The molecule has 0 aliphatic carbocycles. The van der Waals surface area contributed by atoms with Crippen LogP contribution >= 0.6 is 0 Å². The summed E-state index contributed by atoms with van der Waals surface area (Å²) in [5, 5.41) is 16.3. The number of carbonyl (C=O) groups is 1. The largest absolute Gasteiger partial charge is 0.478 e. The van der Waals surface area contributed by atoms with Crippen LogP contribution in [0.25, 0.3) is 0 Å². The molecule has 1 atom stereocenters. The highest BCUT2D eigenvalue weighted by atomic mass is 16.4. The van der Waals surface area contributed by atoms with E-state index in [0.29, 0.717) is 0 Å². The maximum Gasteiger partial charge on any atom is 0.335 e. The number of nitrogens with zero attached hydrogens (tertiary/aromatic N) is 2. The Balaban J connectivity index is 2.00. The molecule has 0 saturated carbocycles. The van der Waals surface area contributed by atoms with E-state index in [1.165, 1.54) is 0 Å². The van der Waals surface area contributed by atoms with Gasteiger partial charge in [-0.3, -0.25) is 4.68 Å². The molecule has 1 aromatic heterocycles. The molecule has 0 spiro atoms. The zero-order chi connectivity index (χ0) is 13.0. The Kier molecular flexibility index (Phi) is 3.62. The Hall–Kier alpha value is -2.30. The highest BCUT2D eigenvalue weighted by Crippen LogP contribution is 2.12. The van der Waals surface area contributed by atoms with Gasteiger partial charge in [-0.25, -0.2) is 4.79 Å². The molecule has 0 bridgehead atoms. The lowest BCUT2D eigenvalue weighted by molar-refractivity contribution is 0.0697. The SMILES string of the molecule is CC(Cn1cccn1)Nc1cccc(C(=O)O)c1. The van der Waals surface area contributed by atoms with Crippen molar-refractivity contribution < 1.29 is 9.90 Å². The molecular weight excluding hydrogens is 230 g/mol. The van der Waals surface area contributed by atoms with Gasteiger partial charge in [-0.15, -0.1) is 0 Å². The molecule has 1 aromatic carbocycles. The van der Waals surface area contributed by atoms with E-state index >= 15 is 0 Å². The average molecular weight is 245 g/mol. The summed E-state index contributed by atoms with van der Waals surface area (Å²) in [6.07, 6.45) is 3.63. The second-order valence-electron chi connectivity index (χ2n) is 4.16. The molecule has 2 aromatic rings. The van der Waals surface area contributed by atoms with Gasteiger partial charge in [0.1, 0.15) is 0 Å². The Labute approximate surface area is 105 Å². The number of aromatic carboxylic acids is 1. The van der Waals surface area contributed by atoms with E-state index in [2.05, 4.69) is 10.4 Å². The third-order valence-corrected chi connectivity index (χ3v) is 2.54. The van der Waals surface area contributed by atoms with Gasteiger partial charge in [0.05, 0.1) is 12.1 Å². The highest BCUT2D eigenvalue weighted by Gasteiger charge is 2.06. The molecule has 0 fully saturated rings. The Morgan fingerprint density at radius 1 is 1.50 bits per heavy atom. The summed E-state index contributed by atoms with van der Waals surface area (Å²) in [5.74, 6) is -0.918. The Bertz CT molecular complexity index is 523. The van der Waals surface area contributed by atoms with Crippen LogP contribution < -0.4 is 5.32 Å². The van der Waals surface area contributed by atoms with Gasteiger partial charge in [0.15, 0.2) is 0 Å². The molecule has 0 aliphatic heterocycles. The number of carboxylic acids is 1. The van der Waals surface area contributed by atoms with Crippen LogP contribution in [0, 0.1) is 0 Å². The summed E-state index contributed by atoms with van der Waals surface area (Å²) in [6, 6.07) is 8.82. The monoisotopic (exact) mass is 245 g/mol. The van der Waals surface area contributed by atoms with Crippen molar-refractivity contribution in [2.75, 3.05) is 5.32 Å². The Morgan fingerprint density at radius 2 is 2.33 bits per heavy atom. The van der Waals surface area contributed by atoms with E-state index in [9.17, 15) is 4.79 Å². The van der Waals surface area contributed by atoms with Crippen molar-refractivity contribution in [3.63, 3.8) is 0 Å². The van der Waals surface area contributed by atoms with Gasteiger partial charge >= 0.3 is 5.97 Å². The van der Waals surface area contributed by atoms with Crippen LogP contribution in [0.15, 0.2) is 42.7 Å². The molecule has 0 aliphatic rings. The predicted octanol–water partition coefficient (Wildman–Crippen LogP) is 2.08. The minimum atomic E-state index is -0.918. The number of rotatable bonds is 5. The summed E-state index contributed by atoms with van der Waals surface area (Å²) in [6.45, 7) is 2.75. The molecule has 1 heterocycles. The first kappa shape index (κ1) is 12.2. The van der Waals surface area contributed by atoms with Gasteiger partial charge in [0.2, 0.25) is 0 Å². The number of hydrogen-bond acceptors (Lipinski definition) is 3. The third kappa shape index (κ3) is 3.10. The zero-order valence-electron chi connectivity index (χ0n) is 10.1. The third-order valence-electron chi connectivity index (χ3n) is 2.54. The summed E-state index contributed by atoms with van der Waals surface area (Å²) in [4.78, 5) is 10.9. The maximum absolute atomic E-state index is 10.9. The van der Waals surface area contributed by atoms with Crippen LogP contribution in [0.1, 0.15) is 17.3 Å². The number of nitrogens with one attached hydrogen (secondary N) is 1. The average Bonchev–Trinajstić information content (AvgIpc) is 2.82. The van der Waals surface area contributed by atoms with E-state index < -0.39 is 5.97 Å². The summed E-state index contributed by atoms with van der Waals surface area (Å²) in [5.41, 5.74) is 1.08. The van der Waals surface area contributed by atoms with Crippen molar-refractivity contribution in [3.05, 3.63) is 48.3 Å². The summed E-state index contributed by atoms with van der Waals surface area (Å²) >= 11 is 0. The van der Waals surface area contributed by atoms with Crippen LogP contribution in [0.4, 0.5) is 5.69 Å². The van der Waals surface area contributed by atoms with Crippen LogP contribution in [0.5, 0.6) is 0 Å². The molecule has 0 amide bonds. The van der Waals surface area contributed by atoms with Crippen molar-refractivity contribution in [2.24, 2.45) is 0 Å². The molecule has 0 saturated heterocycles. The van der Waals surface area contributed by atoms with Crippen LogP contribution in [-0.2, 0) is 6.54 Å². The van der Waals surface area contributed by atoms with Crippen molar-refractivity contribution in [1.82, 2.24) is 9.78 Å². The van der Waals surface area contributed by atoms with Gasteiger partial charge in [0, 0.05) is 24.1 Å². The molecule has 1 unspecified atom stereocenters. The fourth-order valence-electron chi connectivity index (χ4n) is 1.76. The summed E-state index contributed by atoms with van der Waals surface area (Å²) in [7, 11) is 0. The van der Waals surface area contributed by atoms with E-state index in [1.54, 1.807) is 24.4 Å². The summed E-state index contributed by atoms with van der Waals surface area (Å²) < 4.78 is 1.83. The topological polar surface area (TPSA) is 67.2 Å². The maximum atomic E-state index is 10.9. The van der Waals surface area contributed by atoms with Crippen molar-refractivity contribution in [1.29, 1.82) is 0 Å². The zero-order valence-corrected chi connectivity index (χ0v) is 10.1. The minimum Gasteiger partial charge on any atom is -0.478 e. The van der Waals surface area contributed by atoms with E-state index in [4.69, 9.17) is 5.11 Å². The quantitative estimate of drug-likeness (QED) is 0.846. The van der Waals surface area contributed by atoms with Gasteiger partial charge in [-0.05, 0) is 31.2 Å². The van der Waals surface area contributed by atoms with E-state index in [0.717, 1.165) is 12.2 Å². The first-order chi connectivity index (χ1) is 8.65. The number of carboxylic acid groups (broad SMARTS) is 1. The lowest BCUT2D eigenvalue weighted by Crippen LogP contribution is -2.22. The van der Waals surface area contributed by atoms with E-state index in [-0.39, 0.29) is 11.6 Å². The smallest absolute Gasteiger partial charge is 0.335 e. The molecule has 5 heteroatoms. The fraction of sp³-hybridized carbons (Fsp3) is 0.231. The Morgan fingerprint density at radius 3 is 3.00 bits per heavy atom. The minimum absolute atomic E-state index is 0.161. The van der Waals surface area contributed by atoms with Crippen LogP contribution in [-0.4, -0.2) is 26.9 Å². The van der Waals surface area contributed by atoms with Crippen LogP contribution in [0.3, 0.4) is 0 Å². The van der Waals surface area contributed by atoms with Gasteiger partial charge < -0.3 is 10.4 Å². The first-order valence-corrected chi connectivity index (χ1v) is 5.72. The van der Waals surface area contributed by atoms with Crippen molar-refractivity contribution in [3.8, 4) is 0 Å². The van der Waals surface area contributed by atoms with Crippen molar-refractivity contribution >= 4 is 11.7 Å². The normalized spacial score (nSPS) is 12.1. The first-order valence-electron chi connectivity index (χ1n) is 5.72. The van der Waals surface area contributed by atoms with Crippen molar-refractivity contribution in [2.45, 2.75) is 19.5 Å². The number of aromatic nitrogens is 2. The molecule has 94 valence electrons. The molecule has 2 N–H and O–H groups in total. The van der Waals surface area contributed by atoms with Gasteiger partial charge in [-0.2, -0.15) is 5.10 Å². The fourth-order valence-corrected chi connectivity index (χ4v) is 1.76. The second-order valence-corrected chi connectivity index (χ2v) is 4.16. The number of hydrogen-bond donors (Lipinski definition) is 2. The lowest BCUT2D eigenvalue weighted by Gasteiger charge is -2.15. The second kappa shape index (κ2) is 5.35. The predicted molar refractivity (Wildman–Crippen MR) is 68.7 cm³/mol. The molecule has 2 rings (SSSR count).